The monoisotopic (exact) mass is 432 g/mol. The molecule has 1 amide bonds. The molecular formula is C21H19F3N4OS. The molecule has 0 N–H and O–H groups in total. The number of amides is 1. The quantitative estimate of drug-likeness (QED) is 0.612. The number of halogens is 3. The zero-order valence-corrected chi connectivity index (χ0v) is 17.0. The summed E-state index contributed by atoms with van der Waals surface area (Å²) in [6, 6.07) is 12.1. The topological polar surface area (TPSA) is 49.3 Å². The van der Waals surface area contributed by atoms with Crippen molar-refractivity contribution in [2.75, 3.05) is 31.1 Å². The number of aromatic nitrogens is 2. The second kappa shape index (κ2) is 8.06. The van der Waals surface area contributed by atoms with Crippen LogP contribution in [-0.2, 0) is 6.18 Å². The Balaban J connectivity index is 1.42. The molecule has 9 heteroatoms. The number of nitrogens with zero attached hydrogens (tertiary/aromatic N) is 4. The number of thiazole rings is 1. The van der Waals surface area contributed by atoms with Crippen LogP contribution in [0.4, 0.5) is 19.0 Å². The van der Waals surface area contributed by atoms with Gasteiger partial charge in [-0.1, -0.05) is 30.3 Å². The predicted octanol–water partition coefficient (Wildman–Crippen LogP) is 4.49. The van der Waals surface area contributed by atoms with Crippen molar-refractivity contribution in [1.82, 2.24) is 14.9 Å². The molecule has 4 rings (SSSR count). The number of hydrogen-bond acceptors (Lipinski definition) is 5. The first-order valence-corrected chi connectivity index (χ1v) is 10.2. The van der Waals surface area contributed by atoms with Gasteiger partial charge in [0.15, 0.2) is 0 Å². The number of rotatable bonds is 3. The molecular weight excluding hydrogens is 413 g/mol. The lowest BCUT2D eigenvalue weighted by atomic mass is 10.2. The highest BCUT2D eigenvalue weighted by Gasteiger charge is 2.31. The summed E-state index contributed by atoms with van der Waals surface area (Å²) in [4.78, 5) is 25.8. The maximum atomic E-state index is 13.0. The van der Waals surface area contributed by atoms with E-state index in [1.54, 1.807) is 4.90 Å². The number of carbonyl (C=O) groups excluding carboxylic acids is 1. The largest absolute Gasteiger partial charge is 0.417 e. The standard InChI is InChI=1S/C21H19F3N4OS/c1-14-18(30-19(26-14)15-5-3-2-4-6-15)20(29)28-11-9-27(10-12-28)17-8-7-16(13-25-17)21(22,23)24/h2-8,13H,9-12H2,1H3. The lowest BCUT2D eigenvalue weighted by Crippen LogP contribution is -2.49. The van der Waals surface area contributed by atoms with Crippen LogP contribution in [0.3, 0.4) is 0 Å². The number of anilines is 1. The highest BCUT2D eigenvalue weighted by Crippen LogP contribution is 2.30. The van der Waals surface area contributed by atoms with Crippen molar-refractivity contribution >= 4 is 23.1 Å². The Labute approximate surface area is 175 Å². The van der Waals surface area contributed by atoms with Crippen LogP contribution < -0.4 is 4.90 Å². The van der Waals surface area contributed by atoms with Crippen molar-refractivity contribution in [2.45, 2.75) is 13.1 Å². The van der Waals surface area contributed by atoms with E-state index in [1.807, 2.05) is 42.2 Å². The molecule has 0 radical (unpaired) electrons. The third kappa shape index (κ3) is 4.16. The number of pyridine rings is 1. The Morgan fingerprint density at radius 3 is 2.33 bits per heavy atom. The minimum absolute atomic E-state index is 0.0628. The van der Waals surface area contributed by atoms with Crippen molar-refractivity contribution in [3.63, 3.8) is 0 Å². The highest BCUT2D eigenvalue weighted by atomic mass is 32.1. The van der Waals surface area contributed by atoms with E-state index < -0.39 is 11.7 Å². The van der Waals surface area contributed by atoms with E-state index in [0.29, 0.717) is 42.6 Å². The average molecular weight is 432 g/mol. The van der Waals surface area contributed by atoms with Crippen LogP contribution in [0.5, 0.6) is 0 Å². The van der Waals surface area contributed by atoms with E-state index in [-0.39, 0.29) is 5.91 Å². The van der Waals surface area contributed by atoms with Crippen LogP contribution in [-0.4, -0.2) is 47.0 Å². The normalized spacial score (nSPS) is 14.8. The van der Waals surface area contributed by atoms with Crippen molar-refractivity contribution < 1.29 is 18.0 Å². The van der Waals surface area contributed by atoms with Gasteiger partial charge in [-0.05, 0) is 19.1 Å². The molecule has 0 bridgehead atoms. The number of benzene rings is 1. The van der Waals surface area contributed by atoms with Gasteiger partial charge in [-0.2, -0.15) is 13.2 Å². The van der Waals surface area contributed by atoms with E-state index in [1.165, 1.54) is 17.4 Å². The van der Waals surface area contributed by atoms with Gasteiger partial charge in [0, 0.05) is 37.9 Å². The first kappa shape index (κ1) is 20.3. The third-order valence-electron chi connectivity index (χ3n) is 4.98. The average Bonchev–Trinajstić information content (AvgIpc) is 3.15. The number of alkyl halides is 3. The van der Waals surface area contributed by atoms with Gasteiger partial charge < -0.3 is 9.80 Å². The summed E-state index contributed by atoms with van der Waals surface area (Å²) < 4.78 is 38.1. The zero-order valence-electron chi connectivity index (χ0n) is 16.2. The zero-order chi connectivity index (χ0) is 21.3. The summed E-state index contributed by atoms with van der Waals surface area (Å²) in [5.74, 6) is 0.419. The van der Waals surface area contributed by atoms with Crippen LogP contribution in [0.2, 0.25) is 0 Å². The Morgan fingerprint density at radius 2 is 1.73 bits per heavy atom. The molecule has 1 aliphatic rings. The molecule has 1 saturated heterocycles. The molecule has 0 atom stereocenters. The highest BCUT2D eigenvalue weighted by molar-refractivity contribution is 7.17. The van der Waals surface area contributed by atoms with E-state index in [0.717, 1.165) is 22.8 Å². The lowest BCUT2D eigenvalue weighted by molar-refractivity contribution is -0.137. The minimum atomic E-state index is -4.40. The molecule has 1 aromatic carbocycles. The number of hydrogen-bond donors (Lipinski definition) is 0. The van der Waals surface area contributed by atoms with Crippen LogP contribution in [0.1, 0.15) is 20.9 Å². The first-order chi connectivity index (χ1) is 14.3. The van der Waals surface area contributed by atoms with Crippen molar-refractivity contribution in [3.05, 3.63) is 64.8 Å². The third-order valence-corrected chi connectivity index (χ3v) is 6.17. The number of piperazine rings is 1. The Kier molecular flexibility index (Phi) is 5.46. The van der Waals surface area contributed by atoms with Crippen molar-refractivity contribution in [1.29, 1.82) is 0 Å². The molecule has 0 saturated carbocycles. The molecule has 1 fully saturated rings. The fraction of sp³-hybridized carbons (Fsp3) is 0.286. The molecule has 30 heavy (non-hydrogen) atoms. The molecule has 5 nitrogen and oxygen atoms in total. The van der Waals surface area contributed by atoms with Crippen LogP contribution in [0, 0.1) is 6.92 Å². The summed E-state index contributed by atoms with van der Waals surface area (Å²) in [6.45, 7) is 3.79. The van der Waals surface area contributed by atoms with Gasteiger partial charge in [-0.25, -0.2) is 9.97 Å². The lowest BCUT2D eigenvalue weighted by Gasteiger charge is -2.35. The molecule has 156 valence electrons. The Hall–Kier alpha value is -2.94. The fourth-order valence-corrected chi connectivity index (χ4v) is 4.36. The molecule has 3 heterocycles. The minimum Gasteiger partial charge on any atom is -0.353 e. The Morgan fingerprint density at radius 1 is 1.03 bits per heavy atom. The Bertz CT molecular complexity index is 1030. The van der Waals surface area contributed by atoms with Gasteiger partial charge >= 0.3 is 6.18 Å². The molecule has 0 aliphatic carbocycles. The summed E-state index contributed by atoms with van der Waals surface area (Å²) in [5.41, 5.74) is 0.911. The van der Waals surface area contributed by atoms with E-state index >= 15 is 0 Å². The summed E-state index contributed by atoms with van der Waals surface area (Å²) >= 11 is 1.38. The van der Waals surface area contributed by atoms with E-state index in [4.69, 9.17) is 0 Å². The number of carbonyl (C=O) groups is 1. The van der Waals surface area contributed by atoms with Gasteiger partial charge in [0.05, 0.1) is 11.3 Å². The summed E-state index contributed by atoms with van der Waals surface area (Å²) in [7, 11) is 0. The second-order valence-corrected chi connectivity index (χ2v) is 7.98. The van der Waals surface area contributed by atoms with Crippen molar-refractivity contribution in [3.8, 4) is 10.6 Å². The summed E-state index contributed by atoms with van der Waals surface area (Å²) in [6.07, 6.45) is -3.56. The van der Waals surface area contributed by atoms with Crippen LogP contribution >= 0.6 is 11.3 Å². The first-order valence-electron chi connectivity index (χ1n) is 9.43. The van der Waals surface area contributed by atoms with E-state index in [2.05, 4.69) is 9.97 Å². The predicted molar refractivity (Wildman–Crippen MR) is 110 cm³/mol. The number of aryl methyl sites for hydroxylation is 1. The molecule has 2 aromatic heterocycles. The van der Waals surface area contributed by atoms with Crippen LogP contribution in [0.25, 0.3) is 10.6 Å². The van der Waals surface area contributed by atoms with Gasteiger partial charge in [-0.3, -0.25) is 4.79 Å². The summed E-state index contributed by atoms with van der Waals surface area (Å²) in [5, 5.41) is 0.809. The second-order valence-electron chi connectivity index (χ2n) is 6.98. The van der Waals surface area contributed by atoms with Crippen molar-refractivity contribution in [2.24, 2.45) is 0 Å². The van der Waals surface area contributed by atoms with Crippen LogP contribution in [0.15, 0.2) is 48.7 Å². The smallest absolute Gasteiger partial charge is 0.353 e. The molecule has 1 aliphatic heterocycles. The van der Waals surface area contributed by atoms with Gasteiger partial charge in [-0.15, -0.1) is 11.3 Å². The maximum absolute atomic E-state index is 13.0. The van der Waals surface area contributed by atoms with E-state index in [9.17, 15) is 18.0 Å². The maximum Gasteiger partial charge on any atom is 0.417 e. The fourth-order valence-electron chi connectivity index (χ4n) is 3.32. The van der Waals surface area contributed by atoms with Gasteiger partial charge in [0.1, 0.15) is 15.7 Å². The molecule has 0 unspecified atom stereocenters. The van der Waals surface area contributed by atoms with Gasteiger partial charge in [0.2, 0.25) is 0 Å². The molecule has 3 aromatic rings. The SMILES string of the molecule is Cc1nc(-c2ccccc2)sc1C(=O)N1CCN(c2ccc(C(F)(F)F)cn2)CC1. The van der Waals surface area contributed by atoms with Gasteiger partial charge in [0.25, 0.3) is 5.91 Å². The molecule has 0 spiro atoms.